The topological polar surface area (TPSA) is 15.3 Å². The first kappa shape index (κ1) is 13.9. The van der Waals surface area contributed by atoms with Crippen molar-refractivity contribution in [1.29, 1.82) is 0 Å². The predicted octanol–water partition coefficient (Wildman–Crippen LogP) is 2.35. The average Bonchev–Trinajstić information content (AvgIpc) is 2.14. The fraction of sp³-hybridized carbons (Fsp3) is 1.00. The molecule has 0 bridgehead atoms. The third kappa shape index (κ3) is 8.52. The van der Waals surface area contributed by atoms with Crippen LogP contribution in [0.5, 0.6) is 0 Å². The Morgan fingerprint density at radius 1 is 1.14 bits per heavy atom. The highest BCUT2D eigenvalue weighted by Gasteiger charge is 2.02. The van der Waals surface area contributed by atoms with Crippen LogP contribution in [0.4, 0.5) is 0 Å². The maximum Gasteiger partial charge on any atom is 0.0104 e. The predicted molar refractivity (Wildman–Crippen MR) is 64.7 cm³/mol. The van der Waals surface area contributed by atoms with Crippen molar-refractivity contribution in [2.45, 2.75) is 46.6 Å². The Hall–Kier alpha value is -0.0800. The van der Waals surface area contributed by atoms with Gasteiger partial charge in [0.25, 0.3) is 0 Å². The van der Waals surface area contributed by atoms with Crippen molar-refractivity contribution in [3.05, 3.63) is 0 Å². The van der Waals surface area contributed by atoms with E-state index in [9.17, 15) is 0 Å². The molecule has 2 nitrogen and oxygen atoms in total. The fourth-order valence-corrected chi connectivity index (χ4v) is 1.35. The van der Waals surface area contributed by atoms with E-state index in [1.807, 2.05) is 0 Å². The summed E-state index contributed by atoms with van der Waals surface area (Å²) in [6.07, 6.45) is 2.63. The van der Waals surface area contributed by atoms with E-state index >= 15 is 0 Å². The number of rotatable bonds is 8. The lowest BCUT2D eigenvalue weighted by Crippen LogP contribution is -2.34. The summed E-state index contributed by atoms with van der Waals surface area (Å²) in [5, 5.41) is 3.56. The number of hydrogen-bond donors (Lipinski definition) is 1. The molecule has 1 atom stereocenters. The molecule has 0 aliphatic carbocycles. The molecule has 0 spiro atoms. The summed E-state index contributed by atoms with van der Waals surface area (Å²) >= 11 is 0. The number of nitrogens with one attached hydrogen (secondary N) is 1. The van der Waals surface area contributed by atoms with Gasteiger partial charge in [-0.2, -0.15) is 0 Å². The first-order valence-electron chi connectivity index (χ1n) is 5.98. The monoisotopic (exact) mass is 200 g/mol. The van der Waals surface area contributed by atoms with Crippen LogP contribution in [0.2, 0.25) is 0 Å². The van der Waals surface area contributed by atoms with Crippen molar-refractivity contribution in [1.82, 2.24) is 10.2 Å². The average molecular weight is 200 g/mol. The maximum atomic E-state index is 3.56. The molecule has 0 aromatic rings. The van der Waals surface area contributed by atoms with Crippen LogP contribution >= 0.6 is 0 Å². The second-order valence-corrected chi connectivity index (χ2v) is 4.72. The van der Waals surface area contributed by atoms with Crippen LogP contribution in [0.15, 0.2) is 0 Å². The van der Waals surface area contributed by atoms with Crippen LogP contribution in [0, 0.1) is 5.92 Å². The second kappa shape index (κ2) is 8.25. The number of likely N-dealkylation sites (N-methyl/N-ethyl adjacent to an activating group) is 1. The number of nitrogens with zero attached hydrogens (tertiary/aromatic N) is 1. The third-order valence-electron chi connectivity index (χ3n) is 2.70. The van der Waals surface area contributed by atoms with E-state index in [0.717, 1.165) is 25.6 Å². The summed E-state index contributed by atoms with van der Waals surface area (Å²) in [7, 11) is 2.17. The molecule has 86 valence electrons. The molecule has 0 aliphatic heterocycles. The summed E-state index contributed by atoms with van der Waals surface area (Å²) in [6, 6.07) is 0.669. The van der Waals surface area contributed by atoms with Crippen LogP contribution in [-0.4, -0.2) is 37.6 Å². The summed E-state index contributed by atoms with van der Waals surface area (Å²) in [5.74, 6) is 0.831. The first-order valence-corrected chi connectivity index (χ1v) is 5.98. The number of hydrogen-bond acceptors (Lipinski definition) is 2. The van der Waals surface area contributed by atoms with Crippen molar-refractivity contribution in [3.8, 4) is 0 Å². The SMILES string of the molecule is CCN(C)CCNC(C)CCC(C)C. The Labute approximate surface area is 90.1 Å². The molecule has 0 aliphatic rings. The van der Waals surface area contributed by atoms with Gasteiger partial charge in [-0.05, 0) is 39.3 Å². The van der Waals surface area contributed by atoms with Crippen LogP contribution < -0.4 is 5.32 Å². The van der Waals surface area contributed by atoms with Crippen LogP contribution in [-0.2, 0) is 0 Å². The summed E-state index contributed by atoms with van der Waals surface area (Å²) in [5.41, 5.74) is 0. The Morgan fingerprint density at radius 2 is 1.79 bits per heavy atom. The Bertz CT molecular complexity index is 123. The highest BCUT2D eigenvalue weighted by molar-refractivity contribution is 4.63. The van der Waals surface area contributed by atoms with Gasteiger partial charge in [0.15, 0.2) is 0 Å². The zero-order valence-corrected chi connectivity index (χ0v) is 10.6. The Kier molecular flexibility index (Phi) is 8.20. The van der Waals surface area contributed by atoms with Gasteiger partial charge >= 0.3 is 0 Å². The molecular weight excluding hydrogens is 172 g/mol. The van der Waals surface area contributed by atoms with Gasteiger partial charge in [-0.1, -0.05) is 20.8 Å². The van der Waals surface area contributed by atoms with E-state index in [1.165, 1.54) is 12.8 Å². The second-order valence-electron chi connectivity index (χ2n) is 4.72. The zero-order valence-electron chi connectivity index (χ0n) is 10.6. The molecule has 2 heteroatoms. The molecule has 1 N–H and O–H groups in total. The molecular formula is C12H28N2. The van der Waals surface area contributed by atoms with Gasteiger partial charge < -0.3 is 10.2 Å². The minimum absolute atomic E-state index is 0.669. The fourth-order valence-electron chi connectivity index (χ4n) is 1.35. The van der Waals surface area contributed by atoms with Crippen molar-refractivity contribution in [3.63, 3.8) is 0 Å². The molecule has 14 heavy (non-hydrogen) atoms. The van der Waals surface area contributed by atoms with E-state index in [-0.39, 0.29) is 0 Å². The van der Waals surface area contributed by atoms with Gasteiger partial charge in [0.1, 0.15) is 0 Å². The molecule has 0 saturated heterocycles. The third-order valence-corrected chi connectivity index (χ3v) is 2.70. The molecule has 0 aromatic carbocycles. The van der Waals surface area contributed by atoms with Gasteiger partial charge in [-0.25, -0.2) is 0 Å². The van der Waals surface area contributed by atoms with Gasteiger partial charge in [-0.3, -0.25) is 0 Å². The Morgan fingerprint density at radius 3 is 2.29 bits per heavy atom. The smallest absolute Gasteiger partial charge is 0.0104 e. The Balaban J connectivity index is 3.30. The van der Waals surface area contributed by atoms with Crippen molar-refractivity contribution in [2.24, 2.45) is 5.92 Å². The highest BCUT2D eigenvalue weighted by atomic mass is 15.1. The lowest BCUT2D eigenvalue weighted by atomic mass is 10.0. The zero-order chi connectivity index (χ0) is 11.0. The maximum absolute atomic E-state index is 3.56. The quantitative estimate of drug-likeness (QED) is 0.647. The van der Waals surface area contributed by atoms with E-state index < -0.39 is 0 Å². The lowest BCUT2D eigenvalue weighted by molar-refractivity contribution is 0.336. The van der Waals surface area contributed by atoms with Crippen molar-refractivity contribution >= 4 is 0 Å². The molecule has 0 amide bonds. The van der Waals surface area contributed by atoms with Gasteiger partial charge in [0, 0.05) is 19.1 Å². The molecule has 0 radical (unpaired) electrons. The summed E-state index contributed by atoms with van der Waals surface area (Å²) in [4.78, 5) is 2.34. The van der Waals surface area contributed by atoms with Crippen LogP contribution in [0.3, 0.4) is 0 Å². The highest BCUT2D eigenvalue weighted by Crippen LogP contribution is 2.05. The molecule has 0 rings (SSSR count). The molecule has 0 fully saturated rings. The summed E-state index contributed by atoms with van der Waals surface area (Å²) in [6.45, 7) is 12.5. The van der Waals surface area contributed by atoms with E-state index in [1.54, 1.807) is 0 Å². The normalized spacial score (nSPS) is 13.9. The van der Waals surface area contributed by atoms with Gasteiger partial charge in [0.05, 0.1) is 0 Å². The lowest BCUT2D eigenvalue weighted by Gasteiger charge is -2.18. The van der Waals surface area contributed by atoms with Gasteiger partial charge in [0.2, 0.25) is 0 Å². The molecule has 0 heterocycles. The summed E-state index contributed by atoms with van der Waals surface area (Å²) < 4.78 is 0. The molecule has 0 saturated carbocycles. The minimum Gasteiger partial charge on any atom is -0.313 e. The molecule has 0 aromatic heterocycles. The van der Waals surface area contributed by atoms with E-state index in [2.05, 4.69) is 45.0 Å². The van der Waals surface area contributed by atoms with Crippen LogP contribution in [0.1, 0.15) is 40.5 Å². The molecule has 1 unspecified atom stereocenters. The van der Waals surface area contributed by atoms with Gasteiger partial charge in [-0.15, -0.1) is 0 Å². The van der Waals surface area contributed by atoms with Crippen LogP contribution in [0.25, 0.3) is 0 Å². The standard InChI is InChI=1S/C12H28N2/c1-6-14(5)10-9-13-12(4)8-7-11(2)3/h11-13H,6-10H2,1-5H3. The minimum atomic E-state index is 0.669. The van der Waals surface area contributed by atoms with E-state index in [0.29, 0.717) is 6.04 Å². The van der Waals surface area contributed by atoms with Crippen molar-refractivity contribution in [2.75, 3.05) is 26.7 Å². The largest absolute Gasteiger partial charge is 0.313 e. The first-order chi connectivity index (χ1) is 6.56. The van der Waals surface area contributed by atoms with Crippen molar-refractivity contribution < 1.29 is 0 Å². The van der Waals surface area contributed by atoms with E-state index in [4.69, 9.17) is 0 Å².